The van der Waals surface area contributed by atoms with Crippen molar-refractivity contribution in [3.63, 3.8) is 0 Å². The van der Waals surface area contributed by atoms with Crippen LogP contribution >= 0.6 is 0 Å². The van der Waals surface area contributed by atoms with Crippen molar-refractivity contribution in [3.05, 3.63) is 35.9 Å². The highest BCUT2D eigenvalue weighted by molar-refractivity contribution is 6.52. The minimum Gasteiger partial charge on any atom is -0.497 e. The van der Waals surface area contributed by atoms with Gasteiger partial charge in [-0.1, -0.05) is 20.4 Å². The maximum Gasteiger partial charge on any atom is 0.299 e. The first-order valence-corrected chi connectivity index (χ1v) is 6.88. The number of amides is 1. The molecule has 1 aliphatic heterocycles. The van der Waals surface area contributed by atoms with Crippen molar-refractivity contribution in [2.24, 2.45) is 0 Å². The van der Waals surface area contributed by atoms with E-state index in [0.717, 1.165) is 5.57 Å². The third kappa shape index (κ3) is 3.13. The topological polar surface area (TPSA) is 58.6 Å². The fourth-order valence-corrected chi connectivity index (χ4v) is 2.19. The number of carbonyl (C=O) groups excluding carboxylic acids is 2. The van der Waals surface area contributed by atoms with E-state index in [-0.39, 0.29) is 0 Å². The summed E-state index contributed by atoms with van der Waals surface area (Å²) in [5.74, 6) is -0.367. The number of rotatable bonds is 6. The number of ether oxygens (including phenoxy) is 1. The van der Waals surface area contributed by atoms with Crippen LogP contribution < -0.4 is 15.0 Å². The van der Waals surface area contributed by atoms with Crippen molar-refractivity contribution in [3.8, 4) is 5.75 Å². The number of nitrogens with one attached hydrogen (secondary N) is 1. The van der Waals surface area contributed by atoms with Gasteiger partial charge in [0.15, 0.2) is 0 Å². The third-order valence-corrected chi connectivity index (χ3v) is 3.32. The van der Waals surface area contributed by atoms with Gasteiger partial charge in [-0.3, -0.25) is 9.59 Å². The quantitative estimate of drug-likeness (QED) is 0.640. The molecule has 1 amide bonds. The first kappa shape index (κ1) is 15.3. The second-order valence-electron chi connectivity index (χ2n) is 5.39. The number of Topliss-reactive ketones (excluding diaryl/α,β-unsaturated/α-hetero) is 1. The van der Waals surface area contributed by atoms with E-state index in [1.165, 1.54) is 4.90 Å². The van der Waals surface area contributed by atoms with Crippen molar-refractivity contribution in [1.29, 1.82) is 0 Å². The molecule has 1 heterocycles. The molecule has 112 valence electrons. The molecule has 0 aromatic heterocycles. The number of ketones is 1. The van der Waals surface area contributed by atoms with Gasteiger partial charge >= 0.3 is 0 Å². The summed E-state index contributed by atoms with van der Waals surface area (Å²) < 4.78 is 5.16. The van der Waals surface area contributed by atoms with Crippen molar-refractivity contribution >= 4 is 17.4 Å². The molecule has 0 atom stereocenters. The largest absolute Gasteiger partial charge is 0.497 e. The van der Waals surface area contributed by atoms with E-state index in [1.54, 1.807) is 25.3 Å². The van der Waals surface area contributed by atoms with E-state index in [0.29, 0.717) is 36.1 Å². The summed E-state index contributed by atoms with van der Waals surface area (Å²) in [4.78, 5) is 25.5. The fraction of sp³-hybridized carbons (Fsp3) is 0.375. The number of nitrogens with zero attached hydrogens (tertiary/aromatic N) is 1. The van der Waals surface area contributed by atoms with Gasteiger partial charge in [0.1, 0.15) is 5.75 Å². The molecule has 1 aromatic carbocycles. The molecule has 0 fully saturated rings. The summed E-state index contributed by atoms with van der Waals surface area (Å²) in [7, 11) is 1.55. The average molecular weight is 288 g/mol. The van der Waals surface area contributed by atoms with E-state index in [2.05, 4.69) is 11.9 Å². The molecule has 0 spiro atoms. The summed E-state index contributed by atoms with van der Waals surface area (Å²) >= 11 is 0. The first-order valence-electron chi connectivity index (χ1n) is 6.88. The predicted octanol–water partition coefficient (Wildman–Crippen LogP) is 1.78. The maximum atomic E-state index is 12.1. The predicted molar refractivity (Wildman–Crippen MR) is 82.0 cm³/mol. The van der Waals surface area contributed by atoms with Crippen LogP contribution in [-0.2, 0) is 4.79 Å². The number of carbonyl (C=O) groups is 2. The number of fused-ring (bicyclic) bond motifs is 1. The molecule has 1 N–H and O–H groups in total. The van der Waals surface area contributed by atoms with Crippen LogP contribution in [0.25, 0.3) is 0 Å². The first-order chi connectivity index (χ1) is 9.93. The van der Waals surface area contributed by atoms with Crippen LogP contribution in [0.5, 0.6) is 5.75 Å². The van der Waals surface area contributed by atoms with Crippen LogP contribution in [0.4, 0.5) is 5.69 Å². The van der Waals surface area contributed by atoms with Gasteiger partial charge in [-0.2, -0.15) is 0 Å². The smallest absolute Gasteiger partial charge is 0.299 e. The summed E-state index contributed by atoms with van der Waals surface area (Å²) in [5, 5.41) is 3.24. The zero-order valence-corrected chi connectivity index (χ0v) is 12.6. The minimum atomic E-state index is -0.510. The SMILES string of the molecule is C=C(CNC(C)C)CN1C(=O)C(=O)c2ccc(OC)cc21. The van der Waals surface area contributed by atoms with Gasteiger partial charge in [0.2, 0.25) is 0 Å². The van der Waals surface area contributed by atoms with Crippen molar-refractivity contribution < 1.29 is 14.3 Å². The van der Waals surface area contributed by atoms with Gasteiger partial charge < -0.3 is 15.0 Å². The van der Waals surface area contributed by atoms with E-state index >= 15 is 0 Å². The lowest BCUT2D eigenvalue weighted by molar-refractivity contribution is -0.114. The van der Waals surface area contributed by atoms with E-state index in [1.807, 2.05) is 13.8 Å². The van der Waals surface area contributed by atoms with Crippen LogP contribution in [0, 0.1) is 0 Å². The molecular weight excluding hydrogens is 268 g/mol. The van der Waals surface area contributed by atoms with Gasteiger partial charge in [-0.05, 0) is 17.7 Å². The molecule has 2 rings (SSSR count). The van der Waals surface area contributed by atoms with Crippen LogP contribution in [0.15, 0.2) is 30.4 Å². The molecule has 1 aliphatic rings. The summed E-state index contributed by atoms with van der Waals surface area (Å²) in [6.07, 6.45) is 0. The highest BCUT2D eigenvalue weighted by Crippen LogP contribution is 2.32. The standard InChI is InChI=1S/C16H20N2O3/c1-10(2)17-8-11(3)9-18-14-7-12(21-4)5-6-13(14)15(19)16(18)20/h5-7,10,17H,3,8-9H2,1-2,4H3. The summed E-state index contributed by atoms with van der Waals surface area (Å²) in [5.41, 5.74) is 1.86. The Balaban J connectivity index is 2.19. The van der Waals surface area contributed by atoms with E-state index < -0.39 is 11.7 Å². The molecule has 5 heteroatoms. The molecule has 0 bridgehead atoms. The highest BCUT2D eigenvalue weighted by atomic mass is 16.5. The van der Waals surface area contributed by atoms with Gasteiger partial charge in [-0.15, -0.1) is 0 Å². The number of hydrogen-bond donors (Lipinski definition) is 1. The lowest BCUT2D eigenvalue weighted by atomic mass is 10.1. The Morgan fingerprint density at radius 3 is 2.71 bits per heavy atom. The van der Waals surface area contributed by atoms with Crippen molar-refractivity contribution in [1.82, 2.24) is 5.32 Å². The average Bonchev–Trinajstić information content (AvgIpc) is 2.69. The van der Waals surface area contributed by atoms with Gasteiger partial charge in [0.25, 0.3) is 11.7 Å². The molecule has 0 aliphatic carbocycles. The highest BCUT2D eigenvalue weighted by Gasteiger charge is 2.36. The van der Waals surface area contributed by atoms with Gasteiger partial charge in [-0.25, -0.2) is 0 Å². The van der Waals surface area contributed by atoms with E-state index in [4.69, 9.17) is 4.74 Å². The fourth-order valence-electron chi connectivity index (χ4n) is 2.19. The number of anilines is 1. The zero-order chi connectivity index (χ0) is 15.6. The lowest BCUT2D eigenvalue weighted by Gasteiger charge is -2.19. The molecule has 21 heavy (non-hydrogen) atoms. The molecule has 0 radical (unpaired) electrons. The Morgan fingerprint density at radius 1 is 1.38 bits per heavy atom. The van der Waals surface area contributed by atoms with Crippen LogP contribution in [-0.4, -0.2) is 37.9 Å². The minimum absolute atomic E-state index is 0.324. The molecule has 5 nitrogen and oxygen atoms in total. The summed E-state index contributed by atoms with van der Waals surface area (Å²) in [6.45, 7) is 8.98. The second-order valence-corrected chi connectivity index (χ2v) is 5.39. The Kier molecular flexibility index (Phi) is 4.43. The molecule has 0 saturated carbocycles. The second kappa shape index (κ2) is 6.10. The van der Waals surface area contributed by atoms with Gasteiger partial charge in [0.05, 0.1) is 18.4 Å². The van der Waals surface area contributed by atoms with Crippen LogP contribution in [0.2, 0.25) is 0 Å². The Labute approximate surface area is 124 Å². The molecule has 0 unspecified atom stereocenters. The summed E-state index contributed by atoms with van der Waals surface area (Å²) in [6, 6.07) is 5.36. The molecule has 1 aromatic rings. The number of hydrogen-bond acceptors (Lipinski definition) is 4. The Hall–Kier alpha value is -2.14. The monoisotopic (exact) mass is 288 g/mol. The van der Waals surface area contributed by atoms with Crippen LogP contribution in [0.1, 0.15) is 24.2 Å². The van der Waals surface area contributed by atoms with Crippen molar-refractivity contribution in [2.75, 3.05) is 25.1 Å². The van der Waals surface area contributed by atoms with Crippen molar-refractivity contribution in [2.45, 2.75) is 19.9 Å². The van der Waals surface area contributed by atoms with E-state index in [9.17, 15) is 9.59 Å². The molecular formula is C16H20N2O3. The Morgan fingerprint density at radius 2 is 2.10 bits per heavy atom. The maximum absolute atomic E-state index is 12.1. The zero-order valence-electron chi connectivity index (χ0n) is 12.6. The number of benzene rings is 1. The normalized spacial score (nSPS) is 13.8. The third-order valence-electron chi connectivity index (χ3n) is 3.32. The van der Waals surface area contributed by atoms with Gasteiger partial charge in [0, 0.05) is 25.2 Å². The molecule has 0 saturated heterocycles. The lowest BCUT2D eigenvalue weighted by Crippen LogP contribution is -2.34. The Bertz CT molecular complexity index is 593. The number of methoxy groups -OCH3 is 1. The van der Waals surface area contributed by atoms with Crippen LogP contribution in [0.3, 0.4) is 0 Å².